The summed E-state index contributed by atoms with van der Waals surface area (Å²) >= 11 is 0. The van der Waals surface area contributed by atoms with Crippen LogP contribution >= 0.6 is 0 Å². The zero-order valence-corrected chi connectivity index (χ0v) is 10.5. The van der Waals surface area contributed by atoms with Crippen molar-refractivity contribution in [3.63, 3.8) is 0 Å². The number of carboxylic acid groups (broad SMARTS) is 1. The molecule has 0 aliphatic rings. The molecule has 1 atom stereocenters. The fourth-order valence-electron chi connectivity index (χ4n) is 1.49. The molecule has 1 unspecified atom stereocenters. The minimum Gasteiger partial charge on any atom is -0.475 e. The number of furan rings is 1. The molecule has 0 radical (unpaired) electrons. The number of amides is 1. The van der Waals surface area contributed by atoms with Gasteiger partial charge in [0.2, 0.25) is 11.7 Å². The molecule has 0 fully saturated rings. The molecule has 0 saturated heterocycles. The van der Waals surface area contributed by atoms with Gasteiger partial charge in [-0.3, -0.25) is 4.79 Å². The third-order valence-corrected chi connectivity index (χ3v) is 2.44. The number of nitrogens with one attached hydrogen (secondary N) is 2. The van der Waals surface area contributed by atoms with Crippen molar-refractivity contribution in [3.05, 3.63) is 23.7 Å². The maximum atomic E-state index is 11.2. The summed E-state index contributed by atoms with van der Waals surface area (Å²) in [7, 11) is 0. The fourth-order valence-corrected chi connectivity index (χ4v) is 1.49. The standard InChI is InChI=1S/C12H18N2O4/c1-3-13-11(15)6-7-14-8(2)9-4-5-10(18-9)12(16)17/h4-5,8,14H,3,6-7H2,1-2H3,(H,13,15)(H,16,17). The fraction of sp³-hybridized carbons (Fsp3) is 0.500. The quantitative estimate of drug-likeness (QED) is 0.679. The first kappa shape index (κ1) is 14.2. The van der Waals surface area contributed by atoms with Crippen molar-refractivity contribution in [2.45, 2.75) is 26.3 Å². The van der Waals surface area contributed by atoms with Crippen molar-refractivity contribution in [2.75, 3.05) is 13.1 Å². The second-order valence-electron chi connectivity index (χ2n) is 3.89. The van der Waals surface area contributed by atoms with Crippen LogP contribution in [0.1, 0.15) is 42.6 Å². The van der Waals surface area contributed by atoms with Gasteiger partial charge in [0.1, 0.15) is 5.76 Å². The van der Waals surface area contributed by atoms with E-state index < -0.39 is 5.97 Å². The van der Waals surface area contributed by atoms with Crippen LogP contribution in [0, 0.1) is 0 Å². The second-order valence-corrected chi connectivity index (χ2v) is 3.89. The molecular formula is C12H18N2O4. The monoisotopic (exact) mass is 254 g/mol. The first-order valence-electron chi connectivity index (χ1n) is 5.87. The predicted octanol–water partition coefficient (Wildman–Crippen LogP) is 1.15. The molecule has 0 aliphatic carbocycles. The van der Waals surface area contributed by atoms with Crippen molar-refractivity contribution >= 4 is 11.9 Å². The van der Waals surface area contributed by atoms with Gasteiger partial charge in [0.25, 0.3) is 0 Å². The van der Waals surface area contributed by atoms with Crippen molar-refractivity contribution in [3.8, 4) is 0 Å². The Balaban J connectivity index is 2.38. The Hall–Kier alpha value is -1.82. The van der Waals surface area contributed by atoms with Gasteiger partial charge in [0.15, 0.2) is 0 Å². The van der Waals surface area contributed by atoms with E-state index in [9.17, 15) is 9.59 Å². The van der Waals surface area contributed by atoms with E-state index in [0.717, 1.165) is 0 Å². The highest BCUT2D eigenvalue weighted by molar-refractivity contribution is 5.84. The van der Waals surface area contributed by atoms with Crippen LogP contribution in [0.4, 0.5) is 0 Å². The van der Waals surface area contributed by atoms with Crippen molar-refractivity contribution in [1.29, 1.82) is 0 Å². The van der Waals surface area contributed by atoms with E-state index >= 15 is 0 Å². The third-order valence-electron chi connectivity index (χ3n) is 2.44. The Labute approximate surface area is 105 Å². The number of carbonyl (C=O) groups is 2. The van der Waals surface area contributed by atoms with Gasteiger partial charge in [0.05, 0.1) is 6.04 Å². The van der Waals surface area contributed by atoms with E-state index in [0.29, 0.717) is 25.3 Å². The number of hydrogen-bond donors (Lipinski definition) is 3. The van der Waals surface area contributed by atoms with Gasteiger partial charge in [-0.1, -0.05) is 0 Å². The summed E-state index contributed by atoms with van der Waals surface area (Å²) in [6.07, 6.45) is 0.380. The molecule has 18 heavy (non-hydrogen) atoms. The Morgan fingerprint density at radius 2 is 2.17 bits per heavy atom. The van der Waals surface area contributed by atoms with Gasteiger partial charge in [-0.2, -0.15) is 0 Å². The molecular weight excluding hydrogens is 236 g/mol. The van der Waals surface area contributed by atoms with Gasteiger partial charge >= 0.3 is 5.97 Å². The lowest BCUT2D eigenvalue weighted by atomic mass is 10.2. The molecule has 1 heterocycles. The topological polar surface area (TPSA) is 91.6 Å². The van der Waals surface area contributed by atoms with Crippen LogP contribution in [0.5, 0.6) is 0 Å². The molecule has 1 aromatic heterocycles. The van der Waals surface area contributed by atoms with Crippen LogP contribution in [-0.4, -0.2) is 30.1 Å². The maximum Gasteiger partial charge on any atom is 0.371 e. The first-order valence-corrected chi connectivity index (χ1v) is 5.87. The molecule has 3 N–H and O–H groups in total. The minimum absolute atomic E-state index is 0.0112. The Morgan fingerprint density at radius 1 is 1.44 bits per heavy atom. The van der Waals surface area contributed by atoms with Gasteiger partial charge in [-0.15, -0.1) is 0 Å². The summed E-state index contributed by atoms with van der Waals surface area (Å²) in [6.45, 7) is 4.84. The molecule has 1 aromatic rings. The lowest BCUT2D eigenvalue weighted by molar-refractivity contribution is -0.120. The van der Waals surface area contributed by atoms with Gasteiger partial charge < -0.3 is 20.2 Å². The summed E-state index contributed by atoms with van der Waals surface area (Å²) in [4.78, 5) is 21.8. The average Bonchev–Trinajstić information content (AvgIpc) is 2.78. The zero-order valence-electron chi connectivity index (χ0n) is 10.5. The summed E-state index contributed by atoms with van der Waals surface area (Å²) in [5.41, 5.74) is 0. The second kappa shape index (κ2) is 6.80. The lowest BCUT2D eigenvalue weighted by Gasteiger charge is -2.10. The molecule has 6 nitrogen and oxygen atoms in total. The molecule has 1 rings (SSSR count). The highest BCUT2D eigenvalue weighted by atomic mass is 16.4. The van der Waals surface area contributed by atoms with Crippen LogP contribution in [0.25, 0.3) is 0 Å². The molecule has 0 bridgehead atoms. The molecule has 100 valence electrons. The number of hydrogen-bond acceptors (Lipinski definition) is 4. The minimum atomic E-state index is -1.09. The number of carboxylic acids is 1. The molecule has 0 spiro atoms. The summed E-state index contributed by atoms with van der Waals surface area (Å²) in [5.74, 6) is -0.635. The SMILES string of the molecule is CCNC(=O)CCNC(C)c1ccc(C(=O)O)o1. The summed E-state index contributed by atoms with van der Waals surface area (Å²) in [6, 6.07) is 2.90. The Kier molecular flexibility index (Phi) is 5.38. The average molecular weight is 254 g/mol. The van der Waals surface area contributed by atoms with Gasteiger partial charge in [-0.25, -0.2) is 4.79 Å². The van der Waals surface area contributed by atoms with E-state index in [4.69, 9.17) is 9.52 Å². The normalized spacial score (nSPS) is 12.1. The first-order chi connectivity index (χ1) is 8.54. The van der Waals surface area contributed by atoms with Crippen molar-refractivity contribution in [2.24, 2.45) is 0 Å². The Bertz CT molecular complexity index is 414. The van der Waals surface area contributed by atoms with E-state index in [-0.39, 0.29) is 17.7 Å². The zero-order chi connectivity index (χ0) is 13.5. The van der Waals surface area contributed by atoms with Crippen LogP contribution in [0.15, 0.2) is 16.5 Å². The molecule has 6 heteroatoms. The number of rotatable bonds is 7. The number of aromatic carboxylic acids is 1. The summed E-state index contributed by atoms with van der Waals surface area (Å²) < 4.78 is 5.15. The lowest BCUT2D eigenvalue weighted by Crippen LogP contribution is -2.28. The smallest absolute Gasteiger partial charge is 0.371 e. The molecule has 0 aromatic carbocycles. The van der Waals surface area contributed by atoms with Gasteiger partial charge in [-0.05, 0) is 26.0 Å². The van der Waals surface area contributed by atoms with E-state index in [2.05, 4.69) is 10.6 Å². The maximum absolute atomic E-state index is 11.2. The van der Waals surface area contributed by atoms with Crippen molar-refractivity contribution < 1.29 is 19.1 Å². The molecule has 0 aliphatic heterocycles. The van der Waals surface area contributed by atoms with Crippen LogP contribution in [0.3, 0.4) is 0 Å². The number of carbonyl (C=O) groups excluding carboxylic acids is 1. The van der Waals surface area contributed by atoms with Crippen molar-refractivity contribution in [1.82, 2.24) is 10.6 Å². The van der Waals surface area contributed by atoms with E-state index in [1.54, 1.807) is 6.07 Å². The van der Waals surface area contributed by atoms with E-state index in [1.165, 1.54) is 6.07 Å². The van der Waals surface area contributed by atoms with Gasteiger partial charge in [0, 0.05) is 19.5 Å². The van der Waals surface area contributed by atoms with Crippen LogP contribution < -0.4 is 10.6 Å². The summed E-state index contributed by atoms with van der Waals surface area (Å²) in [5, 5.41) is 14.5. The predicted molar refractivity (Wildman–Crippen MR) is 65.4 cm³/mol. The third kappa shape index (κ3) is 4.21. The molecule has 0 saturated carbocycles. The Morgan fingerprint density at radius 3 is 2.72 bits per heavy atom. The molecule has 1 amide bonds. The highest BCUT2D eigenvalue weighted by Crippen LogP contribution is 2.16. The van der Waals surface area contributed by atoms with Crippen LogP contribution in [0.2, 0.25) is 0 Å². The largest absolute Gasteiger partial charge is 0.475 e. The highest BCUT2D eigenvalue weighted by Gasteiger charge is 2.13. The van der Waals surface area contributed by atoms with Crippen LogP contribution in [-0.2, 0) is 4.79 Å². The van der Waals surface area contributed by atoms with E-state index in [1.807, 2.05) is 13.8 Å².